The van der Waals surface area contributed by atoms with Gasteiger partial charge in [0.05, 0.1) is 12.7 Å². The molecule has 0 aromatic carbocycles. The van der Waals surface area contributed by atoms with Crippen molar-refractivity contribution < 1.29 is 4.74 Å². The van der Waals surface area contributed by atoms with E-state index in [1.165, 1.54) is 38.6 Å². The van der Waals surface area contributed by atoms with Crippen LogP contribution in [0.1, 0.15) is 46.0 Å². The molecule has 2 rings (SSSR count). The molecule has 0 bridgehead atoms. The fraction of sp³-hybridized carbons (Fsp3) is 1.00. The molecular weight excluding hydrogens is 212 g/mol. The standard InChI is InChI=1S/C14H28N2O/c1-3-15-12(2)6-5-9-16-10-11-17-14-8-4-7-13(14)16/h12-15H,3-11H2,1-2H3. The van der Waals surface area contributed by atoms with Crippen LogP contribution in [0.2, 0.25) is 0 Å². The smallest absolute Gasteiger partial charge is 0.0730 e. The predicted octanol–water partition coefficient (Wildman–Crippen LogP) is 2.02. The SMILES string of the molecule is CCNC(C)CCCN1CCOC2CCCC21. The van der Waals surface area contributed by atoms with Crippen molar-refractivity contribution in [3.8, 4) is 0 Å². The lowest BCUT2D eigenvalue weighted by Gasteiger charge is -2.37. The first-order valence-electron chi connectivity index (χ1n) is 7.40. The van der Waals surface area contributed by atoms with Crippen LogP contribution in [-0.4, -0.2) is 49.3 Å². The van der Waals surface area contributed by atoms with Gasteiger partial charge in [-0.3, -0.25) is 4.90 Å². The van der Waals surface area contributed by atoms with E-state index in [1.54, 1.807) is 0 Å². The van der Waals surface area contributed by atoms with Crippen LogP contribution in [-0.2, 0) is 4.74 Å². The molecule has 0 aromatic heterocycles. The summed E-state index contributed by atoms with van der Waals surface area (Å²) in [5.74, 6) is 0. The largest absolute Gasteiger partial charge is 0.375 e. The zero-order valence-electron chi connectivity index (χ0n) is 11.5. The Labute approximate surface area is 106 Å². The fourth-order valence-electron chi connectivity index (χ4n) is 3.33. The van der Waals surface area contributed by atoms with Crippen molar-refractivity contribution in [3.05, 3.63) is 0 Å². The van der Waals surface area contributed by atoms with Gasteiger partial charge < -0.3 is 10.1 Å². The molecule has 17 heavy (non-hydrogen) atoms. The monoisotopic (exact) mass is 240 g/mol. The number of hydrogen-bond acceptors (Lipinski definition) is 3. The van der Waals surface area contributed by atoms with Crippen molar-refractivity contribution in [1.82, 2.24) is 10.2 Å². The van der Waals surface area contributed by atoms with E-state index < -0.39 is 0 Å². The quantitative estimate of drug-likeness (QED) is 0.769. The van der Waals surface area contributed by atoms with E-state index in [-0.39, 0.29) is 0 Å². The van der Waals surface area contributed by atoms with E-state index in [2.05, 4.69) is 24.1 Å². The molecule has 3 nitrogen and oxygen atoms in total. The number of morpholine rings is 1. The summed E-state index contributed by atoms with van der Waals surface area (Å²) in [4.78, 5) is 2.68. The van der Waals surface area contributed by atoms with Gasteiger partial charge in [-0.2, -0.15) is 0 Å². The average molecular weight is 240 g/mol. The molecule has 1 aliphatic carbocycles. The molecule has 1 saturated heterocycles. The van der Waals surface area contributed by atoms with Crippen LogP contribution < -0.4 is 5.32 Å². The van der Waals surface area contributed by atoms with Crippen molar-refractivity contribution in [1.29, 1.82) is 0 Å². The molecule has 2 aliphatic rings. The highest BCUT2D eigenvalue weighted by Crippen LogP contribution is 2.29. The van der Waals surface area contributed by atoms with Crippen LogP contribution in [0.5, 0.6) is 0 Å². The third-order valence-corrected chi connectivity index (χ3v) is 4.23. The minimum Gasteiger partial charge on any atom is -0.375 e. The Hall–Kier alpha value is -0.120. The van der Waals surface area contributed by atoms with E-state index >= 15 is 0 Å². The van der Waals surface area contributed by atoms with Gasteiger partial charge in [-0.25, -0.2) is 0 Å². The highest BCUT2D eigenvalue weighted by Gasteiger charge is 2.35. The summed E-state index contributed by atoms with van der Waals surface area (Å²) in [6, 6.07) is 1.40. The lowest BCUT2D eigenvalue weighted by Crippen LogP contribution is -2.48. The normalized spacial score (nSPS) is 31.4. The molecule has 1 aliphatic heterocycles. The maximum atomic E-state index is 5.84. The maximum Gasteiger partial charge on any atom is 0.0730 e. The van der Waals surface area contributed by atoms with Crippen molar-refractivity contribution in [2.45, 2.75) is 64.1 Å². The summed E-state index contributed by atoms with van der Waals surface area (Å²) in [6.45, 7) is 8.92. The van der Waals surface area contributed by atoms with Crippen molar-refractivity contribution in [3.63, 3.8) is 0 Å². The van der Waals surface area contributed by atoms with E-state index in [4.69, 9.17) is 4.74 Å². The van der Waals surface area contributed by atoms with E-state index in [0.29, 0.717) is 12.1 Å². The third kappa shape index (κ3) is 3.67. The second kappa shape index (κ2) is 6.72. The lowest BCUT2D eigenvalue weighted by atomic mass is 10.1. The first kappa shape index (κ1) is 13.3. The van der Waals surface area contributed by atoms with Crippen LogP contribution >= 0.6 is 0 Å². The number of nitrogens with one attached hydrogen (secondary N) is 1. The Morgan fingerprint density at radius 2 is 2.29 bits per heavy atom. The summed E-state index contributed by atoms with van der Waals surface area (Å²) in [6.07, 6.45) is 7.16. The van der Waals surface area contributed by atoms with E-state index in [9.17, 15) is 0 Å². The Balaban J connectivity index is 1.67. The molecule has 1 N–H and O–H groups in total. The Bertz CT molecular complexity index is 222. The zero-order chi connectivity index (χ0) is 12.1. The van der Waals surface area contributed by atoms with Crippen LogP contribution in [0.25, 0.3) is 0 Å². The van der Waals surface area contributed by atoms with Crippen LogP contribution in [0.15, 0.2) is 0 Å². The molecule has 3 heteroatoms. The minimum atomic E-state index is 0.551. The van der Waals surface area contributed by atoms with Crippen LogP contribution in [0.4, 0.5) is 0 Å². The van der Waals surface area contributed by atoms with Gasteiger partial charge in [0.1, 0.15) is 0 Å². The molecule has 0 amide bonds. The van der Waals surface area contributed by atoms with Crippen molar-refractivity contribution in [2.24, 2.45) is 0 Å². The molecule has 3 unspecified atom stereocenters. The van der Waals surface area contributed by atoms with Crippen molar-refractivity contribution in [2.75, 3.05) is 26.2 Å². The summed E-state index contributed by atoms with van der Waals surface area (Å²) in [7, 11) is 0. The Kier molecular flexibility index (Phi) is 5.26. The molecule has 1 saturated carbocycles. The first-order chi connectivity index (χ1) is 8.31. The summed E-state index contributed by atoms with van der Waals surface area (Å²) in [5, 5.41) is 3.49. The average Bonchev–Trinajstić information content (AvgIpc) is 2.78. The molecular formula is C14H28N2O. The van der Waals surface area contributed by atoms with Crippen molar-refractivity contribution >= 4 is 0 Å². The number of nitrogens with zero attached hydrogens (tertiary/aromatic N) is 1. The molecule has 100 valence electrons. The lowest BCUT2D eigenvalue weighted by molar-refractivity contribution is -0.0559. The topological polar surface area (TPSA) is 24.5 Å². The second-order valence-electron chi connectivity index (χ2n) is 5.54. The van der Waals surface area contributed by atoms with Gasteiger partial charge in [0.15, 0.2) is 0 Å². The summed E-state index contributed by atoms with van der Waals surface area (Å²) in [5.41, 5.74) is 0. The first-order valence-corrected chi connectivity index (χ1v) is 7.40. The number of fused-ring (bicyclic) bond motifs is 1. The summed E-state index contributed by atoms with van der Waals surface area (Å²) < 4.78 is 5.84. The molecule has 0 aromatic rings. The fourth-order valence-corrected chi connectivity index (χ4v) is 3.33. The van der Waals surface area contributed by atoms with Gasteiger partial charge in [-0.05, 0) is 52.1 Å². The van der Waals surface area contributed by atoms with E-state index in [0.717, 1.165) is 25.7 Å². The van der Waals surface area contributed by atoms with Crippen LogP contribution in [0, 0.1) is 0 Å². The summed E-state index contributed by atoms with van der Waals surface area (Å²) >= 11 is 0. The maximum absolute atomic E-state index is 5.84. The molecule has 3 atom stereocenters. The van der Waals surface area contributed by atoms with Gasteiger partial charge in [-0.15, -0.1) is 0 Å². The number of hydrogen-bond donors (Lipinski definition) is 1. The van der Waals surface area contributed by atoms with Gasteiger partial charge in [0.25, 0.3) is 0 Å². The molecule has 0 radical (unpaired) electrons. The highest BCUT2D eigenvalue weighted by molar-refractivity contribution is 4.89. The Morgan fingerprint density at radius 3 is 3.12 bits per heavy atom. The van der Waals surface area contributed by atoms with Gasteiger partial charge in [0.2, 0.25) is 0 Å². The third-order valence-electron chi connectivity index (χ3n) is 4.23. The molecule has 2 fully saturated rings. The van der Waals surface area contributed by atoms with E-state index in [1.807, 2.05) is 0 Å². The number of rotatable bonds is 6. The number of ether oxygens (including phenoxy) is 1. The van der Waals surface area contributed by atoms with Crippen LogP contribution in [0.3, 0.4) is 0 Å². The van der Waals surface area contributed by atoms with Gasteiger partial charge in [0, 0.05) is 18.6 Å². The minimum absolute atomic E-state index is 0.551. The second-order valence-corrected chi connectivity index (χ2v) is 5.54. The molecule has 0 spiro atoms. The predicted molar refractivity (Wildman–Crippen MR) is 71.3 cm³/mol. The molecule has 1 heterocycles. The highest BCUT2D eigenvalue weighted by atomic mass is 16.5. The van der Waals surface area contributed by atoms with Gasteiger partial charge >= 0.3 is 0 Å². The Morgan fingerprint density at radius 1 is 1.41 bits per heavy atom. The zero-order valence-corrected chi connectivity index (χ0v) is 11.5. The van der Waals surface area contributed by atoms with Gasteiger partial charge in [-0.1, -0.05) is 6.92 Å².